The number of rotatable bonds is 3. The van der Waals surface area contributed by atoms with E-state index in [1.807, 2.05) is 6.08 Å². The molecular weight excluding hydrogens is 322 g/mol. The van der Waals surface area contributed by atoms with E-state index in [2.05, 4.69) is 11.4 Å². The van der Waals surface area contributed by atoms with Gasteiger partial charge in [0.05, 0.1) is 21.5 Å². The molecule has 4 rings (SSSR count). The van der Waals surface area contributed by atoms with Gasteiger partial charge in [-0.15, -0.1) is 0 Å². The molecular formula is C18H15N3O4. The van der Waals surface area contributed by atoms with Gasteiger partial charge in [0.1, 0.15) is 0 Å². The topological polar surface area (TPSA) is 98.3 Å². The Balaban J connectivity index is 1.81. The smallest absolute Gasteiger partial charge is 0.274 e. The van der Waals surface area contributed by atoms with Crippen molar-refractivity contribution in [3.63, 3.8) is 0 Å². The van der Waals surface area contributed by atoms with Crippen molar-refractivity contribution in [3.8, 4) is 0 Å². The van der Waals surface area contributed by atoms with E-state index >= 15 is 0 Å². The summed E-state index contributed by atoms with van der Waals surface area (Å²) in [7, 11) is 0. The zero-order chi connectivity index (χ0) is 17.6. The zero-order valence-corrected chi connectivity index (χ0v) is 13.2. The Labute approximate surface area is 143 Å². The first kappa shape index (κ1) is 15.3. The van der Waals surface area contributed by atoms with Crippen LogP contribution in [0.2, 0.25) is 0 Å². The van der Waals surface area contributed by atoms with Gasteiger partial charge in [0.15, 0.2) is 0 Å². The third-order valence-corrected chi connectivity index (χ3v) is 5.03. The summed E-state index contributed by atoms with van der Waals surface area (Å²) in [6.07, 6.45) is 4.87. The summed E-state index contributed by atoms with van der Waals surface area (Å²) in [4.78, 5) is 21.7. The normalized spacial score (nSPS) is 23.4. The number of nitrogens with zero attached hydrogens (tertiary/aromatic N) is 2. The van der Waals surface area contributed by atoms with Crippen LogP contribution in [0.15, 0.2) is 54.6 Å². The second-order valence-electron chi connectivity index (χ2n) is 6.32. The molecule has 1 heterocycles. The highest BCUT2D eigenvalue weighted by Gasteiger charge is 2.40. The Morgan fingerprint density at radius 1 is 1.00 bits per heavy atom. The highest BCUT2D eigenvalue weighted by Crippen LogP contribution is 2.51. The van der Waals surface area contributed by atoms with Gasteiger partial charge in [-0.05, 0) is 24.0 Å². The summed E-state index contributed by atoms with van der Waals surface area (Å²) in [5, 5.41) is 25.9. The number of nitrogens with one attached hydrogen (secondary N) is 1. The minimum atomic E-state index is -0.401. The molecule has 0 aromatic heterocycles. The summed E-state index contributed by atoms with van der Waals surface area (Å²) in [5.74, 6) is 0.108. The van der Waals surface area contributed by atoms with Crippen LogP contribution >= 0.6 is 0 Å². The molecule has 7 heteroatoms. The van der Waals surface area contributed by atoms with Gasteiger partial charge in [0, 0.05) is 29.8 Å². The van der Waals surface area contributed by atoms with Gasteiger partial charge in [0.2, 0.25) is 0 Å². The summed E-state index contributed by atoms with van der Waals surface area (Å²) >= 11 is 0. The van der Waals surface area contributed by atoms with Crippen LogP contribution in [0.3, 0.4) is 0 Å². The molecule has 25 heavy (non-hydrogen) atoms. The van der Waals surface area contributed by atoms with Gasteiger partial charge in [-0.3, -0.25) is 20.2 Å². The number of anilines is 1. The molecule has 0 saturated carbocycles. The van der Waals surface area contributed by atoms with E-state index in [4.69, 9.17) is 0 Å². The number of non-ortho nitro benzene ring substituents is 1. The van der Waals surface area contributed by atoms with Crippen LogP contribution in [0.25, 0.3) is 0 Å². The molecule has 0 fully saturated rings. The number of hydrogen-bond acceptors (Lipinski definition) is 5. The van der Waals surface area contributed by atoms with Crippen LogP contribution < -0.4 is 5.32 Å². The van der Waals surface area contributed by atoms with Crippen LogP contribution in [0.4, 0.5) is 17.1 Å². The Morgan fingerprint density at radius 3 is 2.56 bits per heavy atom. The van der Waals surface area contributed by atoms with E-state index in [1.165, 1.54) is 12.1 Å². The lowest BCUT2D eigenvalue weighted by Crippen LogP contribution is -2.29. The number of allylic oxidation sites excluding steroid dienone is 2. The van der Waals surface area contributed by atoms with Crippen molar-refractivity contribution in [2.45, 2.75) is 18.4 Å². The van der Waals surface area contributed by atoms with Crippen molar-refractivity contribution in [2.75, 3.05) is 5.32 Å². The fourth-order valence-electron chi connectivity index (χ4n) is 3.92. The van der Waals surface area contributed by atoms with E-state index in [-0.39, 0.29) is 34.2 Å². The standard InChI is InChI=1S/C18H15N3O4/c22-20(23)11-8-9-16-15(10-11)12-5-3-6-13(12)18(19-16)14-4-1-2-7-17(14)21(24)25/h1-5,7-10,12-13,18-19H,6H2. The largest absolute Gasteiger partial charge is 0.377 e. The molecule has 3 unspecified atom stereocenters. The number of hydrogen-bond donors (Lipinski definition) is 1. The quantitative estimate of drug-likeness (QED) is 0.510. The first-order valence-corrected chi connectivity index (χ1v) is 8.01. The lowest BCUT2D eigenvalue weighted by molar-refractivity contribution is -0.385. The van der Waals surface area contributed by atoms with Crippen LogP contribution in [0.1, 0.15) is 29.5 Å². The maximum absolute atomic E-state index is 11.4. The average Bonchev–Trinajstić information content (AvgIpc) is 3.10. The minimum Gasteiger partial charge on any atom is -0.377 e. The zero-order valence-electron chi connectivity index (χ0n) is 13.2. The predicted molar refractivity (Wildman–Crippen MR) is 92.5 cm³/mol. The third kappa shape index (κ3) is 2.44. The third-order valence-electron chi connectivity index (χ3n) is 5.03. The summed E-state index contributed by atoms with van der Waals surface area (Å²) < 4.78 is 0. The second-order valence-corrected chi connectivity index (χ2v) is 6.32. The SMILES string of the molecule is O=[N+]([O-])c1ccc2c(c1)C1C=CCC1C(c1ccccc1[N+](=O)[O-])N2. The monoisotopic (exact) mass is 337 g/mol. The van der Waals surface area contributed by atoms with Crippen LogP contribution in [0, 0.1) is 26.1 Å². The number of benzene rings is 2. The molecule has 0 amide bonds. The molecule has 126 valence electrons. The molecule has 0 spiro atoms. The van der Waals surface area contributed by atoms with Crippen molar-refractivity contribution in [1.82, 2.24) is 0 Å². The van der Waals surface area contributed by atoms with Gasteiger partial charge in [0.25, 0.3) is 11.4 Å². The minimum absolute atomic E-state index is 0.0148. The van der Waals surface area contributed by atoms with Gasteiger partial charge in [-0.25, -0.2) is 0 Å². The molecule has 2 aromatic carbocycles. The van der Waals surface area contributed by atoms with Crippen LogP contribution in [0.5, 0.6) is 0 Å². The maximum atomic E-state index is 11.4. The van der Waals surface area contributed by atoms with Crippen molar-refractivity contribution in [2.24, 2.45) is 5.92 Å². The molecule has 7 nitrogen and oxygen atoms in total. The molecule has 0 saturated heterocycles. The van der Waals surface area contributed by atoms with E-state index in [0.29, 0.717) is 5.56 Å². The van der Waals surface area contributed by atoms with E-state index < -0.39 is 4.92 Å². The summed E-state index contributed by atoms with van der Waals surface area (Å²) in [5.41, 5.74) is 2.47. The number of nitro groups is 2. The van der Waals surface area contributed by atoms with E-state index in [1.54, 1.807) is 30.3 Å². The second kappa shape index (κ2) is 5.70. The Hall–Kier alpha value is -3.22. The summed E-state index contributed by atoms with van der Waals surface area (Å²) in [6.45, 7) is 0. The molecule has 0 radical (unpaired) electrons. The van der Waals surface area contributed by atoms with Crippen LogP contribution in [-0.4, -0.2) is 9.85 Å². The molecule has 2 aliphatic rings. The summed E-state index contributed by atoms with van der Waals surface area (Å²) in [6, 6.07) is 11.3. The van der Waals surface area contributed by atoms with E-state index in [0.717, 1.165) is 17.7 Å². The van der Waals surface area contributed by atoms with Crippen molar-refractivity contribution in [3.05, 3.63) is 86.0 Å². The first-order chi connectivity index (χ1) is 12.1. The lowest BCUT2D eigenvalue weighted by atomic mass is 9.76. The maximum Gasteiger partial charge on any atom is 0.274 e. The Kier molecular flexibility index (Phi) is 3.49. The molecule has 1 N–H and O–H groups in total. The molecule has 2 aromatic rings. The first-order valence-electron chi connectivity index (χ1n) is 8.01. The van der Waals surface area contributed by atoms with Crippen molar-refractivity contribution >= 4 is 17.1 Å². The molecule has 0 bridgehead atoms. The van der Waals surface area contributed by atoms with Gasteiger partial charge < -0.3 is 5.32 Å². The molecule has 1 aliphatic heterocycles. The highest BCUT2D eigenvalue weighted by atomic mass is 16.6. The average molecular weight is 337 g/mol. The van der Waals surface area contributed by atoms with Gasteiger partial charge in [-0.1, -0.05) is 30.4 Å². The van der Waals surface area contributed by atoms with Crippen molar-refractivity contribution < 1.29 is 9.85 Å². The fourth-order valence-corrected chi connectivity index (χ4v) is 3.92. The molecule has 3 atom stereocenters. The van der Waals surface area contributed by atoms with Gasteiger partial charge >= 0.3 is 0 Å². The lowest BCUT2D eigenvalue weighted by Gasteiger charge is -2.37. The number of para-hydroxylation sites is 1. The number of fused-ring (bicyclic) bond motifs is 3. The Morgan fingerprint density at radius 2 is 1.80 bits per heavy atom. The molecule has 1 aliphatic carbocycles. The highest BCUT2D eigenvalue weighted by molar-refractivity contribution is 5.64. The number of nitro benzene ring substituents is 2. The van der Waals surface area contributed by atoms with E-state index in [9.17, 15) is 20.2 Å². The van der Waals surface area contributed by atoms with Crippen LogP contribution in [-0.2, 0) is 0 Å². The Bertz CT molecular complexity index is 909. The van der Waals surface area contributed by atoms with Crippen molar-refractivity contribution in [1.29, 1.82) is 0 Å². The van der Waals surface area contributed by atoms with Gasteiger partial charge in [-0.2, -0.15) is 0 Å². The fraction of sp³-hybridized carbons (Fsp3) is 0.222. The predicted octanol–water partition coefficient (Wildman–Crippen LogP) is 4.33.